The summed E-state index contributed by atoms with van der Waals surface area (Å²) in [5.74, 6) is 0.730. The molecule has 2 nitrogen and oxygen atoms in total. The Balaban J connectivity index is 1.98. The number of rotatable bonds is 2. The van der Waals surface area contributed by atoms with Crippen LogP contribution in [0.1, 0.15) is 42.9 Å². The monoisotopic (exact) mass is 203 g/mol. The number of nitrogens with two attached hydrogens (primary N) is 1. The molecule has 3 N–H and O–H groups in total. The molecule has 2 aliphatic carbocycles. The molecule has 1 aromatic carbocycles. The van der Waals surface area contributed by atoms with E-state index in [9.17, 15) is 5.11 Å². The molecule has 2 atom stereocenters. The molecule has 80 valence electrons. The van der Waals surface area contributed by atoms with Crippen molar-refractivity contribution >= 4 is 0 Å². The normalized spacial score (nSPS) is 34.1. The molecule has 1 saturated carbocycles. The lowest BCUT2D eigenvalue weighted by atomic mass is 9.90. The molecular weight excluding hydrogens is 186 g/mol. The van der Waals surface area contributed by atoms with Crippen LogP contribution in [-0.2, 0) is 5.60 Å². The highest BCUT2D eigenvalue weighted by Gasteiger charge is 2.43. The van der Waals surface area contributed by atoms with Gasteiger partial charge in [-0.2, -0.15) is 0 Å². The van der Waals surface area contributed by atoms with Crippen LogP contribution in [0.3, 0.4) is 0 Å². The lowest BCUT2D eigenvalue weighted by molar-refractivity contribution is 0.0192. The second-order valence-electron chi connectivity index (χ2n) is 5.08. The molecule has 0 spiro atoms. The van der Waals surface area contributed by atoms with Gasteiger partial charge in [0.05, 0.1) is 5.60 Å². The van der Waals surface area contributed by atoms with Gasteiger partial charge in [0.15, 0.2) is 0 Å². The molecule has 1 aromatic rings. The van der Waals surface area contributed by atoms with Gasteiger partial charge in [0.2, 0.25) is 0 Å². The van der Waals surface area contributed by atoms with Crippen molar-refractivity contribution in [2.45, 2.75) is 37.3 Å². The molecule has 2 heteroatoms. The van der Waals surface area contributed by atoms with E-state index in [0.29, 0.717) is 6.42 Å². The lowest BCUT2D eigenvalue weighted by Gasteiger charge is -2.24. The zero-order valence-corrected chi connectivity index (χ0v) is 8.82. The summed E-state index contributed by atoms with van der Waals surface area (Å²) in [4.78, 5) is 0. The third-order valence-electron chi connectivity index (χ3n) is 3.74. The van der Waals surface area contributed by atoms with Gasteiger partial charge in [-0.25, -0.2) is 0 Å². The largest absolute Gasteiger partial charge is 0.385 e. The minimum absolute atomic E-state index is 0.0185. The van der Waals surface area contributed by atoms with Gasteiger partial charge in [-0.3, -0.25) is 0 Å². The van der Waals surface area contributed by atoms with Crippen molar-refractivity contribution in [3.05, 3.63) is 35.4 Å². The standard InChI is InChI=1S/C13H17NO/c14-12-8-13(15,7-9-5-6-9)11-4-2-1-3-10(11)12/h1-4,9,12,15H,5-8,14H2. The average Bonchev–Trinajstić information content (AvgIpc) is 2.97. The minimum Gasteiger partial charge on any atom is -0.385 e. The van der Waals surface area contributed by atoms with E-state index in [2.05, 4.69) is 0 Å². The quantitative estimate of drug-likeness (QED) is 0.773. The van der Waals surface area contributed by atoms with Gasteiger partial charge in [0, 0.05) is 6.04 Å². The average molecular weight is 203 g/mol. The third-order valence-corrected chi connectivity index (χ3v) is 3.74. The number of hydrogen-bond acceptors (Lipinski definition) is 2. The third kappa shape index (κ3) is 1.48. The van der Waals surface area contributed by atoms with Crippen molar-refractivity contribution in [1.29, 1.82) is 0 Å². The Hall–Kier alpha value is -0.860. The highest BCUT2D eigenvalue weighted by molar-refractivity contribution is 5.40. The van der Waals surface area contributed by atoms with Crippen LogP contribution >= 0.6 is 0 Å². The zero-order chi connectivity index (χ0) is 10.5. The second-order valence-corrected chi connectivity index (χ2v) is 5.08. The second kappa shape index (κ2) is 3.06. The maximum atomic E-state index is 10.6. The van der Waals surface area contributed by atoms with Gasteiger partial charge in [-0.15, -0.1) is 0 Å². The van der Waals surface area contributed by atoms with Crippen molar-refractivity contribution < 1.29 is 5.11 Å². The van der Waals surface area contributed by atoms with Crippen LogP contribution in [0.2, 0.25) is 0 Å². The van der Waals surface area contributed by atoms with Crippen molar-refractivity contribution in [3.63, 3.8) is 0 Å². The maximum absolute atomic E-state index is 10.6. The van der Waals surface area contributed by atoms with Gasteiger partial charge in [0.1, 0.15) is 0 Å². The van der Waals surface area contributed by atoms with E-state index in [4.69, 9.17) is 5.73 Å². The fourth-order valence-electron chi connectivity index (χ4n) is 2.82. The highest BCUT2D eigenvalue weighted by atomic mass is 16.3. The van der Waals surface area contributed by atoms with Crippen LogP contribution in [0.5, 0.6) is 0 Å². The Morgan fingerprint density at radius 3 is 2.80 bits per heavy atom. The summed E-state index contributed by atoms with van der Waals surface area (Å²) in [7, 11) is 0. The van der Waals surface area contributed by atoms with Gasteiger partial charge in [-0.1, -0.05) is 37.1 Å². The van der Waals surface area contributed by atoms with E-state index in [0.717, 1.165) is 23.5 Å². The summed E-state index contributed by atoms with van der Waals surface area (Å²) in [6.45, 7) is 0. The summed E-state index contributed by atoms with van der Waals surface area (Å²) in [5, 5.41) is 10.6. The van der Waals surface area contributed by atoms with E-state index in [-0.39, 0.29) is 6.04 Å². The van der Waals surface area contributed by atoms with Gasteiger partial charge in [0.25, 0.3) is 0 Å². The Kier molecular flexibility index (Phi) is 1.91. The molecule has 0 saturated heterocycles. The molecule has 0 bridgehead atoms. The Labute approximate surface area is 90.1 Å². The molecular formula is C13H17NO. The molecule has 0 amide bonds. The first-order valence-electron chi connectivity index (χ1n) is 5.76. The predicted molar refractivity (Wildman–Crippen MR) is 59.2 cm³/mol. The molecule has 0 radical (unpaired) electrons. The maximum Gasteiger partial charge on any atom is 0.0920 e. The molecule has 0 heterocycles. The Bertz CT molecular complexity index is 382. The molecule has 2 aliphatic rings. The van der Waals surface area contributed by atoms with Crippen molar-refractivity contribution in [2.75, 3.05) is 0 Å². The van der Waals surface area contributed by atoms with Crippen LogP contribution in [0.15, 0.2) is 24.3 Å². The summed E-state index contributed by atoms with van der Waals surface area (Å²) in [5.41, 5.74) is 7.63. The number of fused-ring (bicyclic) bond motifs is 1. The highest BCUT2D eigenvalue weighted by Crippen LogP contribution is 2.49. The fourth-order valence-corrected chi connectivity index (χ4v) is 2.82. The SMILES string of the molecule is NC1CC(O)(CC2CC2)c2ccccc21. The Morgan fingerprint density at radius 1 is 1.33 bits per heavy atom. The lowest BCUT2D eigenvalue weighted by Crippen LogP contribution is -2.24. The van der Waals surface area contributed by atoms with E-state index < -0.39 is 5.60 Å². The van der Waals surface area contributed by atoms with Crippen LogP contribution < -0.4 is 5.73 Å². The van der Waals surface area contributed by atoms with Crippen molar-refractivity contribution in [2.24, 2.45) is 11.7 Å². The summed E-state index contributed by atoms with van der Waals surface area (Å²) in [6, 6.07) is 8.09. The number of aliphatic hydroxyl groups is 1. The van der Waals surface area contributed by atoms with E-state index in [1.54, 1.807) is 0 Å². The number of hydrogen-bond donors (Lipinski definition) is 2. The van der Waals surface area contributed by atoms with Crippen LogP contribution in [-0.4, -0.2) is 5.11 Å². The fraction of sp³-hybridized carbons (Fsp3) is 0.538. The molecule has 2 unspecified atom stereocenters. The summed E-state index contributed by atoms with van der Waals surface area (Å²) in [6.07, 6.45) is 4.15. The Morgan fingerprint density at radius 2 is 2.07 bits per heavy atom. The summed E-state index contributed by atoms with van der Waals surface area (Å²) >= 11 is 0. The van der Waals surface area contributed by atoms with Crippen LogP contribution in [0.4, 0.5) is 0 Å². The molecule has 3 rings (SSSR count). The molecule has 1 fully saturated rings. The first kappa shape index (κ1) is 9.37. The van der Waals surface area contributed by atoms with Gasteiger partial charge >= 0.3 is 0 Å². The molecule has 0 aromatic heterocycles. The van der Waals surface area contributed by atoms with Crippen LogP contribution in [0, 0.1) is 5.92 Å². The van der Waals surface area contributed by atoms with Gasteiger partial charge < -0.3 is 10.8 Å². The van der Waals surface area contributed by atoms with Crippen molar-refractivity contribution in [3.8, 4) is 0 Å². The summed E-state index contributed by atoms with van der Waals surface area (Å²) < 4.78 is 0. The molecule has 0 aliphatic heterocycles. The smallest absolute Gasteiger partial charge is 0.0920 e. The van der Waals surface area contributed by atoms with E-state index in [1.807, 2.05) is 24.3 Å². The number of benzene rings is 1. The van der Waals surface area contributed by atoms with Crippen LogP contribution in [0.25, 0.3) is 0 Å². The first-order chi connectivity index (χ1) is 7.19. The first-order valence-corrected chi connectivity index (χ1v) is 5.76. The topological polar surface area (TPSA) is 46.2 Å². The molecule has 15 heavy (non-hydrogen) atoms. The van der Waals surface area contributed by atoms with E-state index >= 15 is 0 Å². The minimum atomic E-state index is -0.642. The predicted octanol–water partition coefficient (Wildman–Crippen LogP) is 2.08. The van der Waals surface area contributed by atoms with E-state index in [1.165, 1.54) is 12.8 Å². The van der Waals surface area contributed by atoms with Gasteiger partial charge in [-0.05, 0) is 29.9 Å². The zero-order valence-electron chi connectivity index (χ0n) is 8.82. The van der Waals surface area contributed by atoms with Crippen molar-refractivity contribution in [1.82, 2.24) is 0 Å².